The lowest BCUT2D eigenvalue weighted by molar-refractivity contribution is 0.303. The van der Waals surface area contributed by atoms with Gasteiger partial charge in [-0.1, -0.05) is 54.6 Å². The van der Waals surface area contributed by atoms with E-state index in [0.717, 1.165) is 46.6 Å². The highest BCUT2D eigenvalue weighted by Gasteiger charge is 2.23. The summed E-state index contributed by atoms with van der Waals surface area (Å²) in [6.45, 7) is 0.459. The second-order valence-electron chi connectivity index (χ2n) is 10.1. The first-order valence-electron chi connectivity index (χ1n) is 14.0. The topological polar surface area (TPSA) is 77.0 Å². The predicted octanol–water partition coefficient (Wildman–Crippen LogP) is 10.2. The van der Waals surface area contributed by atoms with E-state index in [4.69, 9.17) is 18.6 Å². The number of halogens is 2. The van der Waals surface area contributed by atoms with Crippen LogP contribution in [0, 0.1) is 18.5 Å². The summed E-state index contributed by atoms with van der Waals surface area (Å²) < 4.78 is 25.2. The lowest BCUT2D eigenvalue weighted by Crippen LogP contribution is -2.01. The van der Waals surface area contributed by atoms with E-state index in [1.807, 2.05) is 72.8 Å². The molecule has 0 unspecified atom stereocenters. The van der Waals surface area contributed by atoms with Gasteiger partial charge in [0.15, 0.2) is 0 Å². The number of hydrogen-bond acceptors (Lipinski definition) is 6. The number of hydrogen-bond donors (Lipinski definition) is 0. The van der Waals surface area contributed by atoms with Gasteiger partial charge in [-0.15, -0.1) is 0 Å². The van der Waals surface area contributed by atoms with Crippen molar-refractivity contribution in [2.24, 2.45) is 4.99 Å². The van der Waals surface area contributed by atoms with E-state index in [0.29, 0.717) is 23.5 Å². The summed E-state index contributed by atoms with van der Waals surface area (Å²) in [7, 11) is 3.24. The summed E-state index contributed by atoms with van der Waals surface area (Å²) in [6.07, 6.45) is 1.72. The van der Waals surface area contributed by atoms with E-state index >= 15 is 0 Å². The first kappa shape index (κ1) is 30.7. The Morgan fingerprint density at radius 2 is 1.42 bits per heavy atom. The number of nitrogens with zero attached hydrogens (tertiary/aromatic N) is 2. The largest absolute Gasteiger partial charge is 0.497 e. The SMILES string of the molecule is COc1ccc(-c2oc(N=Cc3cc(I)c(OCc4cccc5ccccc45)c(I)c3)c(C#N)c2-c2ccc(OC)cc2)cc1. The number of nitriles is 1. The highest BCUT2D eigenvalue weighted by atomic mass is 127. The molecule has 6 rings (SSSR count). The molecule has 1 heterocycles. The Bertz CT molecular complexity index is 2030. The Hall–Kier alpha value is -4.34. The van der Waals surface area contributed by atoms with Crippen molar-refractivity contribution in [1.29, 1.82) is 5.26 Å². The van der Waals surface area contributed by atoms with Crippen LogP contribution in [0.5, 0.6) is 17.2 Å². The molecule has 222 valence electrons. The van der Waals surface area contributed by atoms with Gasteiger partial charge >= 0.3 is 0 Å². The zero-order chi connectivity index (χ0) is 31.3. The molecule has 5 aromatic carbocycles. The number of aliphatic imine (C=N–C) groups is 1. The van der Waals surface area contributed by atoms with Crippen molar-refractivity contribution in [3.63, 3.8) is 0 Å². The zero-order valence-electron chi connectivity index (χ0n) is 24.4. The fraction of sp³-hybridized carbons (Fsp3) is 0.0811. The van der Waals surface area contributed by atoms with Crippen LogP contribution >= 0.6 is 45.2 Å². The molecular formula is C37H26I2N2O4. The molecule has 0 aliphatic rings. The molecule has 45 heavy (non-hydrogen) atoms. The fourth-order valence-corrected chi connectivity index (χ4v) is 7.21. The molecule has 0 spiro atoms. The van der Waals surface area contributed by atoms with Gasteiger partial charge in [-0.3, -0.25) is 0 Å². The molecule has 0 aliphatic heterocycles. The van der Waals surface area contributed by atoms with Gasteiger partial charge in [0, 0.05) is 17.3 Å². The van der Waals surface area contributed by atoms with Crippen molar-refractivity contribution in [1.82, 2.24) is 0 Å². The van der Waals surface area contributed by atoms with Gasteiger partial charge < -0.3 is 18.6 Å². The van der Waals surface area contributed by atoms with Gasteiger partial charge in [0.05, 0.1) is 21.4 Å². The Morgan fingerprint density at radius 1 is 0.800 bits per heavy atom. The third-order valence-electron chi connectivity index (χ3n) is 7.34. The van der Waals surface area contributed by atoms with Crippen LogP contribution in [0.1, 0.15) is 16.7 Å². The van der Waals surface area contributed by atoms with E-state index in [1.54, 1.807) is 20.4 Å². The quantitative estimate of drug-likeness (QED) is 0.107. The monoisotopic (exact) mass is 816 g/mol. The number of fused-ring (bicyclic) bond motifs is 1. The lowest BCUT2D eigenvalue weighted by Gasteiger charge is -2.13. The van der Waals surface area contributed by atoms with Crippen LogP contribution in [-0.2, 0) is 6.61 Å². The number of ether oxygens (including phenoxy) is 3. The van der Waals surface area contributed by atoms with Gasteiger partial charge in [-0.2, -0.15) is 5.26 Å². The normalized spacial score (nSPS) is 11.1. The van der Waals surface area contributed by atoms with Crippen LogP contribution in [0.4, 0.5) is 5.88 Å². The van der Waals surface area contributed by atoms with Gasteiger partial charge in [0.2, 0.25) is 5.88 Å². The Labute approximate surface area is 288 Å². The minimum atomic E-state index is 0.232. The maximum atomic E-state index is 10.3. The van der Waals surface area contributed by atoms with E-state index in [9.17, 15) is 5.26 Å². The lowest BCUT2D eigenvalue weighted by atomic mass is 9.98. The molecule has 6 aromatic rings. The standard InChI is InChI=1S/C37H26I2N2O4/c1-42-28-14-10-25(11-15-28)34-31(20-40)37(45-35(34)26-12-16-29(43-2)17-13-26)41-21-23-18-32(38)36(33(39)19-23)44-22-27-8-5-7-24-6-3-4-9-30(24)27/h3-19,21H,22H2,1-2H3. The van der Waals surface area contributed by atoms with Crippen molar-refractivity contribution < 1.29 is 18.6 Å². The molecule has 1 aromatic heterocycles. The molecule has 0 atom stereocenters. The van der Waals surface area contributed by atoms with Crippen molar-refractivity contribution in [3.8, 4) is 45.8 Å². The van der Waals surface area contributed by atoms with Gasteiger partial charge in [0.1, 0.15) is 41.2 Å². The molecular weight excluding hydrogens is 790 g/mol. The summed E-state index contributed by atoms with van der Waals surface area (Å²) in [5.74, 6) is 3.05. The molecule has 0 N–H and O–H groups in total. The molecule has 0 radical (unpaired) electrons. The molecule has 0 aliphatic carbocycles. The van der Waals surface area contributed by atoms with Crippen molar-refractivity contribution >= 4 is 68.1 Å². The summed E-state index contributed by atoms with van der Waals surface area (Å²) >= 11 is 4.58. The van der Waals surface area contributed by atoms with Crippen LogP contribution in [0.3, 0.4) is 0 Å². The van der Waals surface area contributed by atoms with E-state index < -0.39 is 0 Å². The average molecular weight is 816 g/mol. The van der Waals surface area contributed by atoms with Crippen molar-refractivity contribution in [3.05, 3.63) is 127 Å². The van der Waals surface area contributed by atoms with Crippen LogP contribution in [0.2, 0.25) is 0 Å². The molecule has 6 nitrogen and oxygen atoms in total. The smallest absolute Gasteiger partial charge is 0.238 e. The fourth-order valence-electron chi connectivity index (χ4n) is 5.09. The highest BCUT2D eigenvalue weighted by Crippen LogP contribution is 2.43. The third-order valence-corrected chi connectivity index (χ3v) is 8.94. The summed E-state index contributed by atoms with van der Waals surface area (Å²) in [4.78, 5) is 4.68. The second kappa shape index (κ2) is 13.7. The number of rotatable bonds is 9. The third kappa shape index (κ3) is 6.55. The van der Waals surface area contributed by atoms with E-state index in [1.165, 1.54) is 10.8 Å². The van der Waals surface area contributed by atoms with Crippen LogP contribution in [0.25, 0.3) is 33.2 Å². The molecule has 0 bridgehead atoms. The van der Waals surface area contributed by atoms with Gasteiger partial charge in [0.25, 0.3) is 0 Å². The van der Waals surface area contributed by atoms with Crippen molar-refractivity contribution in [2.75, 3.05) is 14.2 Å². The van der Waals surface area contributed by atoms with Gasteiger partial charge in [-0.05, 0) is 121 Å². The molecule has 0 fully saturated rings. The van der Waals surface area contributed by atoms with Crippen LogP contribution in [-0.4, -0.2) is 20.4 Å². The average Bonchev–Trinajstić information content (AvgIpc) is 3.45. The minimum Gasteiger partial charge on any atom is -0.497 e. The summed E-state index contributed by atoms with van der Waals surface area (Å²) in [5, 5.41) is 12.7. The van der Waals surface area contributed by atoms with E-state index in [2.05, 4.69) is 86.6 Å². The molecule has 0 saturated heterocycles. The Morgan fingerprint density at radius 3 is 2.07 bits per heavy atom. The van der Waals surface area contributed by atoms with Crippen LogP contribution < -0.4 is 14.2 Å². The summed E-state index contributed by atoms with van der Waals surface area (Å²) in [5.41, 5.74) is 4.63. The Kier molecular flexibility index (Phi) is 9.37. The maximum absolute atomic E-state index is 10.3. The second-order valence-corrected chi connectivity index (χ2v) is 12.4. The van der Waals surface area contributed by atoms with E-state index in [-0.39, 0.29) is 5.88 Å². The van der Waals surface area contributed by atoms with Gasteiger partial charge in [-0.25, -0.2) is 4.99 Å². The minimum absolute atomic E-state index is 0.232. The zero-order valence-corrected chi connectivity index (χ0v) is 28.7. The maximum Gasteiger partial charge on any atom is 0.238 e. The van der Waals surface area contributed by atoms with Crippen molar-refractivity contribution in [2.45, 2.75) is 6.61 Å². The molecule has 8 heteroatoms. The molecule has 0 saturated carbocycles. The predicted molar refractivity (Wildman–Crippen MR) is 195 cm³/mol. The number of benzene rings is 5. The first-order valence-corrected chi connectivity index (χ1v) is 16.1. The summed E-state index contributed by atoms with van der Waals surface area (Å²) in [6, 6.07) is 36.0. The van der Waals surface area contributed by atoms with Crippen LogP contribution in [0.15, 0.2) is 113 Å². The number of methoxy groups -OCH3 is 2. The Balaban J connectivity index is 1.32. The number of furan rings is 1. The first-order chi connectivity index (χ1) is 22.0. The molecule has 0 amide bonds. The highest BCUT2D eigenvalue weighted by molar-refractivity contribution is 14.1.